The molecule has 0 aliphatic carbocycles. The number of amides is 1. The lowest BCUT2D eigenvalue weighted by atomic mass is 10.1. The summed E-state index contributed by atoms with van der Waals surface area (Å²) in [5.41, 5.74) is 0.451. The van der Waals surface area contributed by atoms with Gasteiger partial charge in [0.1, 0.15) is 5.60 Å². The smallest absolute Gasteiger partial charge is 0.408 e. The van der Waals surface area contributed by atoms with Gasteiger partial charge in [0.05, 0.1) is 19.2 Å². The van der Waals surface area contributed by atoms with Crippen LogP contribution >= 0.6 is 24.0 Å². The SMILES string of the molecule is CCNC(=NCC(NC(=O)OC(C)(C)C)c1ccccc1)N1CCC(COC)C1.I. The molecule has 1 aliphatic heterocycles. The summed E-state index contributed by atoms with van der Waals surface area (Å²) in [6.45, 7) is 11.5. The topological polar surface area (TPSA) is 75.2 Å². The second kappa shape index (κ2) is 13.0. The summed E-state index contributed by atoms with van der Waals surface area (Å²) in [7, 11) is 1.74. The Morgan fingerprint density at radius 3 is 2.60 bits per heavy atom. The van der Waals surface area contributed by atoms with Gasteiger partial charge in [-0.1, -0.05) is 30.3 Å². The molecule has 0 saturated carbocycles. The van der Waals surface area contributed by atoms with Crippen LogP contribution in [0.3, 0.4) is 0 Å². The van der Waals surface area contributed by atoms with Crippen molar-refractivity contribution in [3.8, 4) is 0 Å². The van der Waals surface area contributed by atoms with Crippen molar-refractivity contribution < 1.29 is 14.3 Å². The zero-order chi connectivity index (χ0) is 21.3. The van der Waals surface area contributed by atoms with Crippen molar-refractivity contribution in [1.82, 2.24) is 15.5 Å². The molecule has 1 fully saturated rings. The van der Waals surface area contributed by atoms with Gasteiger partial charge in [-0.2, -0.15) is 0 Å². The highest BCUT2D eigenvalue weighted by Gasteiger charge is 2.25. The monoisotopic (exact) mass is 532 g/mol. The van der Waals surface area contributed by atoms with Crippen molar-refractivity contribution in [1.29, 1.82) is 0 Å². The predicted octanol–water partition coefficient (Wildman–Crippen LogP) is 3.80. The molecule has 1 aromatic carbocycles. The number of guanidine groups is 1. The number of carbonyl (C=O) groups is 1. The van der Waals surface area contributed by atoms with Crippen LogP contribution in [0, 0.1) is 5.92 Å². The van der Waals surface area contributed by atoms with Gasteiger partial charge in [0.2, 0.25) is 0 Å². The Bertz CT molecular complexity index is 664. The number of alkyl carbamates (subject to hydrolysis) is 1. The van der Waals surface area contributed by atoms with Crippen LogP contribution in [0.25, 0.3) is 0 Å². The number of halogens is 1. The highest BCUT2D eigenvalue weighted by Crippen LogP contribution is 2.18. The number of aliphatic imine (C=N–C) groups is 1. The highest BCUT2D eigenvalue weighted by atomic mass is 127. The summed E-state index contributed by atoms with van der Waals surface area (Å²) in [6, 6.07) is 9.61. The quantitative estimate of drug-likeness (QED) is 0.318. The first-order valence-corrected chi connectivity index (χ1v) is 10.4. The summed E-state index contributed by atoms with van der Waals surface area (Å²) in [5, 5.41) is 6.35. The second-order valence-electron chi connectivity index (χ2n) is 8.36. The van der Waals surface area contributed by atoms with Crippen LogP contribution in [-0.2, 0) is 9.47 Å². The third-order valence-corrected chi connectivity index (χ3v) is 4.64. The zero-order valence-electron chi connectivity index (χ0n) is 18.8. The minimum absolute atomic E-state index is 0. The average molecular weight is 532 g/mol. The lowest BCUT2D eigenvalue weighted by Crippen LogP contribution is -2.41. The Hall–Kier alpha value is -1.55. The molecule has 0 spiro atoms. The molecule has 1 aliphatic rings. The van der Waals surface area contributed by atoms with E-state index in [1.54, 1.807) is 7.11 Å². The first kappa shape index (κ1) is 26.5. The largest absolute Gasteiger partial charge is 0.444 e. The molecule has 170 valence electrons. The Balaban J connectivity index is 0.00000450. The van der Waals surface area contributed by atoms with E-state index in [-0.39, 0.29) is 30.0 Å². The first-order valence-electron chi connectivity index (χ1n) is 10.4. The van der Waals surface area contributed by atoms with E-state index >= 15 is 0 Å². The molecule has 30 heavy (non-hydrogen) atoms. The maximum Gasteiger partial charge on any atom is 0.408 e. The van der Waals surface area contributed by atoms with Crippen LogP contribution < -0.4 is 10.6 Å². The number of carbonyl (C=O) groups excluding carboxylic acids is 1. The van der Waals surface area contributed by atoms with Crippen molar-refractivity contribution in [2.24, 2.45) is 10.9 Å². The molecule has 2 rings (SSSR count). The summed E-state index contributed by atoms with van der Waals surface area (Å²) in [4.78, 5) is 19.5. The Kier molecular flexibility index (Phi) is 11.5. The molecule has 0 radical (unpaired) electrons. The van der Waals surface area contributed by atoms with E-state index in [0.29, 0.717) is 12.5 Å². The Morgan fingerprint density at radius 2 is 2.00 bits per heavy atom. The molecule has 1 saturated heterocycles. The molecule has 1 amide bonds. The van der Waals surface area contributed by atoms with Crippen LogP contribution in [0.15, 0.2) is 35.3 Å². The number of ether oxygens (including phenoxy) is 2. The number of hydrogen-bond acceptors (Lipinski definition) is 4. The summed E-state index contributed by atoms with van der Waals surface area (Å²) >= 11 is 0. The summed E-state index contributed by atoms with van der Waals surface area (Å²) in [6.07, 6.45) is 0.657. The number of hydrogen-bond donors (Lipinski definition) is 2. The van der Waals surface area contributed by atoms with Gasteiger partial charge in [-0.15, -0.1) is 24.0 Å². The molecular weight excluding hydrogens is 495 g/mol. The Morgan fingerprint density at radius 1 is 1.30 bits per heavy atom. The molecule has 2 atom stereocenters. The molecule has 2 unspecified atom stereocenters. The molecule has 1 aromatic rings. The molecular formula is C22H37IN4O3. The van der Waals surface area contributed by atoms with Crippen molar-refractivity contribution in [2.75, 3.05) is 39.9 Å². The normalized spacial score (nSPS) is 17.8. The van der Waals surface area contributed by atoms with Gasteiger partial charge in [0, 0.05) is 32.7 Å². The van der Waals surface area contributed by atoms with E-state index in [9.17, 15) is 4.79 Å². The van der Waals surface area contributed by atoms with Crippen molar-refractivity contribution >= 4 is 36.0 Å². The van der Waals surface area contributed by atoms with Gasteiger partial charge < -0.3 is 25.0 Å². The number of nitrogens with zero attached hydrogens (tertiary/aromatic N) is 2. The van der Waals surface area contributed by atoms with Crippen LogP contribution in [-0.4, -0.2) is 62.4 Å². The second-order valence-corrected chi connectivity index (χ2v) is 8.36. The van der Waals surface area contributed by atoms with E-state index in [0.717, 1.165) is 44.2 Å². The van der Waals surface area contributed by atoms with Crippen molar-refractivity contribution in [3.05, 3.63) is 35.9 Å². The third-order valence-electron chi connectivity index (χ3n) is 4.64. The fourth-order valence-corrected chi connectivity index (χ4v) is 3.37. The van der Waals surface area contributed by atoms with Crippen molar-refractivity contribution in [2.45, 2.75) is 45.8 Å². The van der Waals surface area contributed by atoms with E-state index in [4.69, 9.17) is 14.5 Å². The summed E-state index contributed by atoms with van der Waals surface area (Å²) < 4.78 is 10.8. The average Bonchev–Trinajstić information content (AvgIpc) is 3.12. The fourth-order valence-electron chi connectivity index (χ4n) is 3.37. The molecule has 0 bridgehead atoms. The fraction of sp³-hybridized carbons (Fsp3) is 0.636. The van der Waals surface area contributed by atoms with E-state index in [2.05, 4.69) is 22.5 Å². The van der Waals surface area contributed by atoms with Crippen LogP contribution in [0.1, 0.15) is 45.7 Å². The number of methoxy groups -OCH3 is 1. The van der Waals surface area contributed by atoms with Gasteiger partial charge in [0.25, 0.3) is 0 Å². The molecule has 7 nitrogen and oxygen atoms in total. The first-order chi connectivity index (χ1) is 13.8. The van der Waals surface area contributed by atoms with E-state index in [1.165, 1.54) is 0 Å². The number of benzene rings is 1. The lowest BCUT2D eigenvalue weighted by molar-refractivity contribution is 0.0505. The maximum absolute atomic E-state index is 12.4. The van der Waals surface area contributed by atoms with Crippen LogP contribution in [0.4, 0.5) is 4.79 Å². The Labute approximate surface area is 198 Å². The van der Waals surface area contributed by atoms with Crippen molar-refractivity contribution in [3.63, 3.8) is 0 Å². The standard InChI is InChI=1S/C22H36N4O3.HI/c1-6-23-20(26-13-12-17(15-26)16-28-5)24-14-19(18-10-8-7-9-11-18)25-21(27)29-22(2,3)4;/h7-11,17,19H,6,12-16H2,1-5H3,(H,23,24)(H,25,27);1H. The maximum atomic E-state index is 12.4. The lowest BCUT2D eigenvalue weighted by Gasteiger charge is -2.25. The summed E-state index contributed by atoms with van der Waals surface area (Å²) in [5.74, 6) is 1.40. The number of nitrogens with one attached hydrogen (secondary N) is 2. The molecule has 1 heterocycles. The van der Waals surface area contributed by atoms with E-state index in [1.807, 2.05) is 51.1 Å². The molecule has 0 aromatic heterocycles. The zero-order valence-corrected chi connectivity index (χ0v) is 21.1. The van der Waals surface area contributed by atoms with E-state index < -0.39 is 11.7 Å². The predicted molar refractivity (Wildman–Crippen MR) is 132 cm³/mol. The molecule has 8 heteroatoms. The van der Waals surface area contributed by atoms with Crippen LogP contribution in [0.2, 0.25) is 0 Å². The van der Waals surface area contributed by atoms with Crippen LogP contribution in [0.5, 0.6) is 0 Å². The third kappa shape index (κ3) is 9.07. The minimum Gasteiger partial charge on any atom is -0.444 e. The van der Waals surface area contributed by atoms with Gasteiger partial charge in [-0.05, 0) is 39.7 Å². The number of likely N-dealkylation sites (tertiary alicyclic amines) is 1. The van der Waals surface area contributed by atoms with Gasteiger partial charge >= 0.3 is 6.09 Å². The highest BCUT2D eigenvalue weighted by molar-refractivity contribution is 14.0. The van der Waals surface area contributed by atoms with Gasteiger partial charge in [0.15, 0.2) is 5.96 Å². The number of rotatable bonds is 7. The van der Waals surface area contributed by atoms with Gasteiger partial charge in [-0.3, -0.25) is 4.99 Å². The molecule has 2 N–H and O–H groups in total. The minimum atomic E-state index is -0.546. The van der Waals surface area contributed by atoms with Gasteiger partial charge in [-0.25, -0.2) is 4.79 Å².